The fraction of sp³-hybridized carbons (Fsp3) is 0.647. The van der Waals surface area contributed by atoms with E-state index in [-0.39, 0.29) is 0 Å². The third-order valence-electron chi connectivity index (χ3n) is 4.07. The van der Waals surface area contributed by atoms with Gasteiger partial charge in [0.25, 0.3) is 0 Å². The first-order valence-electron chi connectivity index (χ1n) is 7.71. The molecule has 1 aromatic carbocycles. The lowest BCUT2D eigenvalue weighted by atomic mass is 10.0. The number of benzene rings is 1. The summed E-state index contributed by atoms with van der Waals surface area (Å²) < 4.78 is 0. The van der Waals surface area contributed by atoms with E-state index < -0.39 is 0 Å². The Morgan fingerprint density at radius 2 is 1.95 bits per heavy atom. The van der Waals surface area contributed by atoms with Crippen molar-refractivity contribution in [2.75, 3.05) is 12.3 Å². The second-order valence-corrected chi connectivity index (χ2v) is 6.89. The van der Waals surface area contributed by atoms with E-state index in [1.807, 2.05) is 0 Å². The Bertz CT molecular complexity index is 371. The van der Waals surface area contributed by atoms with Gasteiger partial charge in [0.15, 0.2) is 0 Å². The normalized spacial score (nSPS) is 18.4. The van der Waals surface area contributed by atoms with Crippen LogP contribution in [0.25, 0.3) is 0 Å². The predicted molar refractivity (Wildman–Crippen MR) is 86.9 cm³/mol. The zero-order valence-corrected chi connectivity index (χ0v) is 13.1. The fourth-order valence-corrected chi connectivity index (χ4v) is 4.38. The van der Waals surface area contributed by atoms with Crippen molar-refractivity contribution < 1.29 is 0 Å². The molecule has 0 aromatic heterocycles. The largest absolute Gasteiger partial charge is 0.310 e. The van der Waals surface area contributed by atoms with Gasteiger partial charge in [-0.2, -0.15) is 11.8 Å². The summed E-state index contributed by atoms with van der Waals surface area (Å²) in [6.45, 7) is 5.48. The molecule has 0 bridgehead atoms. The first-order valence-corrected chi connectivity index (χ1v) is 8.76. The number of hydrogen-bond donors (Lipinski definition) is 1. The van der Waals surface area contributed by atoms with Gasteiger partial charge < -0.3 is 5.32 Å². The Morgan fingerprint density at radius 3 is 2.63 bits per heavy atom. The van der Waals surface area contributed by atoms with E-state index in [0.717, 1.165) is 11.8 Å². The highest BCUT2D eigenvalue weighted by Crippen LogP contribution is 2.31. The van der Waals surface area contributed by atoms with Crippen LogP contribution < -0.4 is 5.32 Å². The summed E-state index contributed by atoms with van der Waals surface area (Å²) in [7, 11) is 0. The van der Waals surface area contributed by atoms with Gasteiger partial charge in [-0.15, -0.1) is 0 Å². The lowest BCUT2D eigenvalue weighted by Crippen LogP contribution is -2.25. The maximum absolute atomic E-state index is 3.66. The van der Waals surface area contributed by atoms with Gasteiger partial charge in [-0.1, -0.05) is 50.5 Å². The molecule has 1 aromatic rings. The predicted octanol–water partition coefficient (Wildman–Crippen LogP) is 4.71. The van der Waals surface area contributed by atoms with Crippen molar-refractivity contribution in [3.05, 3.63) is 35.4 Å². The van der Waals surface area contributed by atoms with Crippen molar-refractivity contribution in [1.29, 1.82) is 0 Å². The van der Waals surface area contributed by atoms with Crippen LogP contribution in [0.5, 0.6) is 0 Å². The zero-order chi connectivity index (χ0) is 13.5. The van der Waals surface area contributed by atoms with Crippen molar-refractivity contribution in [3.63, 3.8) is 0 Å². The van der Waals surface area contributed by atoms with Crippen molar-refractivity contribution in [1.82, 2.24) is 5.32 Å². The Morgan fingerprint density at radius 1 is 1.21 bits per heavy atom. The van der Waals surface area contributed by atoms with Crippen LogP contribution in [0.15, 0.2) is 24.3 Å². The minimum absolute atomic E-state index is 0.512. The fourth-order valence-electron chi connectivity index (χ4n) is 2.95. The lowest BCUT2D eigenvalue weighted by molar-refractivity contribution is 0.514. The first-order chi connectivity index (χ1) is 9.31. The molecular weight excluding hydrogens is 250 g/mol. The quantitative estimate of drug-likeness (QED) is 0.808. The highest BCUT2D eigenvalue weighted by Gasteiger charge is 2.18. The van der Waals surface area contributed by atoms with E-state index in [2.05, 4.69) is 55.2 Å². The van der Waals surface area contributed by atoms with E-state index in [9.17, 15) is 0 Å². The molecule has 0 saturated heterocycles. The molecule has 2 heteroatoms. The molecule has 106 valence electrons. The van der Waals surface area contributed by atoms with Crippen LogP contribution in [-0.2, 0) is 0 Å². The van der Waals surface area contributed by atoms with Crippen LogP contribution in [0.4, 0.5) is 0 Å². The molecule has 1 nitrogen and oxygen atoms in total. The molecular formula is C17H27NS. The first kappa shape index (κ1) is 14.9. The van der Waals surface area contributed by atoms with Gasteiger partial charge in [0, 0.05) is 17.0 Å². The monoisotopic (exact) mass is 277 g/mol. The number of hydrogen-bond acceptors (Lipinski definition) is 2. The molecule has 2 rings (SSSR count). The van der Waals surface area contributed by atoms with Crippen molar-refractivity contribution in [2.45, 2.75) is 57.2 Å². The molecule has 1 fully saturated rings. The molecule has 1 N–H and O–H groups in total. The van der Waals surface area contributed by atoms with E-state index in [1.165, 1.54) is 49.0 Å². The van der Waals surface area contributed by atoms with Gasteiger partial charge >= 0.3 is 0 Å². The molecule has 1 aliphatic rings. The molecule has 1 atom stereocenters. The number of aryl methyl sites for hydroxylation is 1. The third kappa shape index (κ3) is 4.54. The summed E-state index contributed by atoms with van der Waals surface area (Å²) >= 11 is 2.19. The SMILES string of the molecule is CCNC(CSC1CCCCC1)c1ccccc1C. The average molecular weight is 277 g/mol. The van der Waals surface area contributed by atoms with Gasteiger partial charge in [0.1, 0.15) is 0 Å². The summed E-state index contributed by atoms with van der Waals surface area (Å²) in [6, 6.07) is 9.32. The topological polar surface area (TPSA) is 12.0 Å². The Labute approximate surface area is 122 Å². The summed E-state index contributed by atoms with van der Waals surface area (Å²) in [4.78, 5) is 0. The molecule has 0 spiro atoms. The summed E-state index contributed by atoms with van der Waals surface area (Å²) in [6.07, 6.45) is 7.18. The van der Waals surface area contributed by atoms with Gasteiger partial charge in [0.2, 0.25) is 0 Å². The van der Waals surface area contributed by atoms with Gasteiger partial charge in [0.05, 0.1) is 0 Å². The van der Waals surface area contributed by atoms with Crippen LogP contribution in [0.1, 0.15) is 56.2 Å². The molecule has 0 amide bonds. The zero-order valence-electron chi connectivity index (χ0n) is 12.3. The summed E-state index contributed by atoms with van der Waals surface area (Å²) in [5.41, 5.74) is 2.89. The number of rotatable bonds is 6. The highest BCUT2D eigenvalue weighted by molar-refractivity contribution is 7.99. The average Bonchev–Trinajstić information content (AvgIpc) is 2.45. The van der Waals surface area contributed by atoms with Crippen molar-refractivity contribution in [2.24, 2.45) is 0 Å². The van der Waals surface area contributed by atoms with Gasteiger partial charge in [-0.25, -0.2) is 0 Å². The van der Waals surface area contributed by atoms with Crippen LogP contribution in [0, 0.1) is 6.92 Å². The van der Waals surface area contributed by atoms with Crippen LogP contribution in [-0.4, -0.2) is 17.5 Å². The Hall–Kier alpha value is -0.470. The molecule has 0 radical (unpaired) electrons. The van der Waals surface area contributed by atoms with E-state index in [4.69, 9.17) is 0 Å². The number of nitrogens with one attached hydrogen (secondary N) is 1. The van der Waals surface area contributed by atoms with E-state index >= 15 is 0 Å². The Kier molecular flexibility index (Phi) is 6.25. The van der Waals surface area contributed by atoms with Crippen LogP contribution >= 0.6 is 11.8 Å². The third-order valence-corrected chi connectivity index (χ3v) is 5.53. The highest BCUT2D eigenvalue weighted by atomic mass is 32.2. The molecule has 1 saturated carbocycles. The standard InChI is InChI=1S/C17H27NS/c1-3-18-17(16-12-8-7-9-14(16)2)13-19-15-10-5-4-6-11-15/h7-9,12,15,17-18H,3-6,10-11,13H2,1-2H3. The lowest BCUT2D eigenvalue weighted by Gasteiger charge is -2.25. The van der Waals surface area contributed by atoms with E-state index in [1.54, 1.807) is 0 Å². The minimum Gasteiger partial charge on any atom is -0.310 e. The van der Waals surface area contributed by atoms with E-state index in [0.29, 0.717) is 6.04 Å². The van der Waals surface area contributed by atoms with Crippen LogP contribution in [0.2, 0.25) is 0 Å². The van der Waals surface area contributed by atoms with Gasteiger partial charge in [-0.05, 0) is 37.4 Å². The maximum atomic E-state index is 3.66. The molecule has 19 heavy (non-hydrogen) atoms. The number of thioether (sulfide) groups is 1. The minimum atomic E-state index is 0.512. The second kappa shape index (κ2) is 7.96. The molecule has 0 heterocycles. The Balaban J connectivity index is 1.94. The molecule has 1 unspecified atom stereocenters. The summed E-state index contributed by atoms with van der Waals surface area (Å²) in [5.74, 6) is 1.21. The van der Waals surface area contributed by atoms with Crippen molar-refractivity contribution in [3.8, 4) is 0 Å². The maximum Gasteiger partial charge on any atom is 0.0414 e. The van der Waals surface area contributed by atoms with Crippen LogP contribution in [0.3, 0.4) is 0 Å². The molecule has 0 aliphatic heterocycles. The molecule has 1 aliphatic carbocycles. The smallest absolute Gasteiger partial charge is 0.0414 e. The van der Waals surface area contributed by atoms with Crippen molar-refractivity contribution >= 4 is 11.8 Å². The summed E-state index contributed by atoms with van der Waals surface area (Å²) in [5, 5.41) is 4.56. The second-order valence-electron chi connectivity index (χ2n) is 5.56. The van der Waals surface area contributed by atoms with Gasteiger partial charge in [-0.3, -0.25) is 0 Å².